The molecular weight excluding hydrogens is 393 g/mol. The van der Waals surface area contributed by atoms with Crippen LogP contribution in [0.3, 0.4) is 0 Å². The van der Waals surface area contributed by atoms with Gasteiger partial charge in [0.25, 0.3) is 5.91 Å². The maximum absolute atomic E-state index is 12.4. The predicted octanol–water partition coefficient (Wildman–Crippen LogP) is 5.63. The number of nitrogens with zero attached hydrogens (tertiary/aromatic N) is 2. The van der Waals surface area contributed by atoms with Gasteiger partial charge >= 0.3 is 0 Å². The third kappa shape index (κ3) is 2.90. The highest BCUT2D eigenvalue weighted by molar-refractivity contribution is 6.38. The number of nitrogens with one attached hydrogen (secondary N) is 1. The largest absolute Gasteiger partial charge is 0.321 e. The van der Waals surface area contributed by atoms with Crippen molar-refractivity contribution in [3.05, 3.63) is 74.5 Å². The molecule has 1 aromatic heterocycles. The molecule has 4 nitrogen and oxygen atoms in total. The second kappa shape index (κ2) is 6.47. The molecule has 0 spiro atoms. The number of hydrogen-bond donors (Lipinski definition) is 1. The number of anilines is 1. The van der Waals surface area contributed by atoms with Crippen molar-refractivity contribution in [3.63, 3.8) is 0 Å². The number of benzene rings is 2. The van der Waals surface area contributed by atoms with Gasteiger partial charge in [0.2, 0.25) is 0 Å². The second-order valence-corrected chi connectivity index (χ2v) is 7.11. The van der Waals surface area contributed by atoms with Gasteiger partial charge < -0.3 is 5.32 Å². The molecule has 3 aromatic rings. The average molecular weight is 405 g/mol. The van der Waals surface area contributed by atoms with Crippen LogP contribution in [-0.2, 0) is 4.79 Å². The minimum Gasteiger partial charge on any atom is -0.321 e. The summed E-state index contributed by atoms with van der Waals surface area (Å²) in [5.41, 5.74) is 4.12. The summed E-state index contributed by atoms with van der Waals surface area (Å²) >= 11 is 18.6. The molecule has 26 heavy (non-hydrogen) atoms. The van der Waals surface area contributed by atoms with Crippen LogP contribution in [-0.4, -0.2) is 15.7 Å². The minimum absolute atomic E-state index is 0.201. The van der Waals surface area contributed by atoms with Crippen LogP contribution in [0.1, 0.15) is 16.8 Å². The molecule has 4 rings (SSSR count). The molecule has 7 heteroatoms. The molecule has 1 N–H and O–H groups in total. The Bertz CT molecular complexity index is 1090. The molecule has 1 amide bonds. The summed E-state index contributed by atoms with van der Waals surface area (Å²) in [6.45, 7) is 1.84. The quantitative estimate of drug-likeness (QED) is 0.562. The van der Waals surface area contributed by atoms with Gasteiger partial charge in [-0.15, -0.1) is 0 Å². The number of fused-ring (bicyclic) bond motifs is 1. The Morgan fingerprint density at radius 2 is 1.85 bits per heavy atom. The van der Waals surface area contributed by atoms with E-state index in [1.807, 2.05) is 25.1 Å². The zero-order valence-corrected chi connectivity index (χ0v) is 15.8. The van der Waals surface area contributed by atoms with E-state index in [1.54, 1.807) is 35.0 Å². The maximum Gasteiger partial charge on any atom is 0.256 e. The average Bonchev–Trinajstić information content (AvgIpc) is 3.05. The van der Waals surface area contributed by atoms with Crippen LogP contribution in [0.25, 0.3) is 17.3 Å². The first-order chi connectivity index (χ1) is 12.4. The Hall–Kier alpha value is -2.27. The van der Waals surface area contributed by atoms with Gasteiger partial charge in [-0.05, 0) is 43.3 Å². The van der Waals surface area contributed by atoms with E-state index in [0.717, 1.165) is 11.3 Å². The zero-order chi connectivity index (χ0) is 18.4. The van der Waals surface area contributed by atoms with Crippen molar-refractivity contribution in [2.45, 2.75) is 6.92 Å². The van der Waals surface area contributed by atoms with Crippen molar-refractivity contribution in [2.24, 2.45) is 0 Å². The molecule has 1 aliphatic heterocycles. The smallest absolute Gasteiger partial charge is 0.256 e. The Labute approximate surface area is 165 Å². The Morgan fingerprint density at radius 1 is 1.08 bits per heavy atom. The van der Waals surface area contributed by atoms with E-state index in [2.05, 4.69) is 10.4 Å². The maximum atomic E-state index is 12.4. The monoisotopic (exact) mass is 403 g/mol. The van der Waals surface area contributed by atoms with Crippen LogP contribution >= 0.6 is 34.8 Å². The fourth-order valence-electron chi connectivity index (χ4n) is 2.91. The predicted molar refractivity (Wildman–Crippen MR) is 106 cm³/mol. The van der Waals surface area contributed by atoms with Crippen molar-refractivity contribution >= 4 is 58.0 Å². The number of carbonyl (C=O) groups is 1. The fourth-order valence-corrected chi connectivity index (χ4v) is 3.59. The summed E-state index contributed by atoms with van der Waals surface area (Å²) in [4.78, 5) is 12.4. The van der Waals surface area contributed by atoms with E-state index in [-0.39, 0.29) is 5.91 Å². The van der Waals surface area contributed by atoms with Crippen molar-refractivity contribution in [1.82, 2.24) is 9.78 Å². The zero-order valence-electron chi connectivity index (χ0n) is 13.6. The number of halogens is 3. The van der Waals surface area contributed by atoms with Crippen molar-refractivity contribution in [1.29, 1.82) is 0 Å². The lowest BCUT2D eigenvalue weighted by molar-refractivity contribution is -0.110. The van der Waals surface area contributed by atoms with Crippen LogP contribution in [0.4, 0.5) is 5.69 Å². The summed E-state index contributed by atoms with van der Waals surface area (Å²) in [5.74, 6) is -0.201. The van der Waals surface area contributed by atoms with Crippen molar-refractivity contribution in [2.75, 3.05) is 5.32 Å². The van der Waals surface area contributed by atoms with Crippen LogP contribution in [0.2, 0.25) is 15.2 Å². The van der Waals surface area contributed by atoms with Crippen molar-refractivity contribution in [3.8, 4) is 5.69 Å². The van der Waals surface area contributed by atoms with E-state index in [4.69, 9.17) is 34.8 Å². The molecule has 0 saturated heterocycles. The minimum atomic E-state index is -0.201. The van der Waals surface area contributed by atoms with Crippen LogP contribution in [0.5, 0.6) is 0 Å². The molecule has 0 saturated carbocycles. The first-order valence-corrected chi connectivity index (χ1v) is 8.91. The lowest BCUT2D eigenvalue weighted by Crippen LogP contribution is -2.03. The second-order valence-electron chi connectivity index (χ2n) is 5.88. The van der Waals surface area contributed by atoms with Gasteiger partial charge in [-0.3, -0.25) is 4.79 Å². The third-order valence-corrected chi connectivity index (χ3v) is 4.99. The highest BCUT2D eigenvalue weighted by Gasteiger charge is 2.25. The number of carbonyl (C=O) groups excluding carboxylic acids is 1. The SMILES string of the molecule is Cc1nn(-c2cccc(Cl)c2)c(Cl)c1/C=C1/C(=O)Nc2cc(Cl)ccc21. The molecule has 2 heterocycles. The van der Waals surface area contributed by atoms with Gasteiger partial charge in [-0.1, -0.05) is 46.9 Å². The summed E-state index contributed by atoms with van der Waals surface area (Å²) in [6.07, 6.45) is 1.75. The van der Waals surface area contributed by atoms with E-state index in [1.165, 1.54) is 0 Å². The number of aromatic nitrogens is 2. The van der Waals surface area contributed by atoms with Crippen LogP contribution in [0.15, 0.2) is 42.5 Å². The van der Waals surface area contributed by atoms with Gasteiger partial charge in [0, 0.05) is 26.7 Å². The van der Waals surface area contributed by atoms with Crippen molar-refractivity contribution < 1.29 is 4.79 Å². The Morgan fingerprint density at radius 3 is 2.62 bits per heavy atom. The lowest BCUT2D eigenvalue weighted by atomic mass is 10.0. The van der Waals surface area contributed by atoms with E-state index in [0.29, 0.717) is 37.7 Å². The number of hydrogen-bond acceptors (Lipinski definition) is 2. The fraction of sp³-hybridized carbons (Fsp3) is 0.0526. The number of aryl methyl sites for hydroxylation is 1. The molecule has 0 atom stereocenters. The molecule has 0 unspecified atom stereocenters. The molecule has 2 aromatic carbocycles. The van der Waals surface area contributed by atoms with Gasteiger partial charge in [-0.25, -0.2) is 4.68 Å². The van der Waals surface area contributed by atoms with Gasteiger partial charge in [0.1, 0.15) is 5.15 Å². The topological polar surface area (TPSA) is 46.9 Å². The molecular formula is C19H12Cl3N3O. The summed E-state index contributed by atoms with van der Waals surface area (Å²) < 4.78 is 1.60. The van der Waals surface area contributed by atoms with Gasteiger partial charge in [0.05, 0.1) is 17.1 Å². The van der Waals surface area contributed by atoms with Crippen LogP contribution < -0.4 is 5.32 Å². The van der Waals surface area contributed by atoms with E-state index in [9.17, 15) is 4.79 Å². The standard InChI is InChI=1S/C19H12Cl3N3O/c1-10-15(18(22)25(24-10)13-4-2-3-11(20)7-13)9-16-14-6-5-12(21)8-17(14)23-19(16)26/h2-9H,1H3,(H,23,26)/b16-9+. The first-order valence-electron chi connectivity index (χ1n) is 7.78. The summed E-state index contributed by atoms with van der Waals surface area (Å²) in [6, 6.07) is 12.5. The van der Waals surface area contributed by atoms with Crippen LogP contribution in [0, 0.1) is 6.92 Å². The summed E-state index contributed by atoms with van der Waals surface area (Å²) in [7, 11) is 0. The van der Waals surface area contributed by atoms with Gasteiger partial charge in [0.15, 0.2) is 0 Å². The third-order valence-electron chi connectivity index (χ3n) is 4.15. The van der Waals surface area contributed by atoms with E-state index >= 15 is 0 Å². The number of rotatable bonds is 2. The number of amides is 1. The highest BCUT2D eigenvalue weighted by Crippen LogP contribution is 2.36. The molecule has 130 valence electrons. The Balaban J connectivity index is 1.83. The molecule has 0 aliphatic carbocycles. The molecule has 0 radical (unpaired) electrons. The van der Waals surface area contributed by atoms with Gasteiger partial charge in [-0.2, -0.15) is 5.10 Å². The normalized spacial score (nSPS) is 14.6. The molecule has 0 fully saturated rings. The lowest BCUT2D eigenvalue weighted by Gasteiger charge is -2.03. The highest BCUT2D eigenvalue weighted by atomic mass is 35.5. The molecule has 1 aliphatic rings. The Kier molecular flexibility index (Phi) is 4.27. The first kappa shape index (κ1) is 17.2. The molecule has 0 bridgehead atoms. The summed E-state index contributed by atoms with van der Waals surface area (Å²) in [5, 5.41) is 8.86. The van der Waals surface area contributed by atoms with E-state index < -0.39 is 0 Å².